The summed E-state index contributed by atoms with van der Waals surface area (Å²) in [4.78, 5) is 19.0. The van der Waals surface area contributed by atoms with E-state index in [1.165, 1.54) is 11.3 Å². The van der Waals surface area contributed by atoms with E-state index in [1.54, 1.807) is 0 Å². The summed E-state index contributed by atoms with van der Waals surface area (Å²) in [7, 11) is 0. The Labute approximate surface area is 125 Å². The van der Waals surface area contributed by atoms with Crippen LogP contribution in [0.4, 0.5) is 10.9 Å². The number of carbonyl (C=O) groups is 1. The number of rotatable bonds is 8. The van der Waals surface area contributed by atoms with Crippen LogP contribution in [0.3, 0.4) is 0 Å². The lowest BCUT2D eigenvalue weighted by Crippen LogP contribution is -2.24. The molecule has 5 nitrogen and oxygen atoms in total. The van der Waals surface area contributed by atoms with E-state index in [-0.39, 0.29) is 5.91 Å². The van der Waals surface area contributed by atoms with Crippen LogP contribution < -0.4 is 16.0 Å². The number of anilines is 2. The maximum Gasteiger partial charge on any atom is 0.265 e. The molecule has 0 radical (unpaired) electrons. The Balaban J connectivity index is 2.60. The summed E-state index contributed by atoms with van der Waals surface area (Å²) in [6.07, 6.45) is 2.11. The quantitative estimate of drug-likeness (QED) is 0.724. The number of carbonyl (C=O) groups excluding carboxylic acids is 1. The van der Waals surface area contributed by atoms with Crippen LogP contribution in [0.1, 0.15) is 50.2 Å². The van der Waals surface area contributed by atoms with Crippen molar-refractivity contribution < 1.29 is 4.79 Å². The molecule has 0 saturated heterocycles. The highest BCUT2D eigenvalue weighted by atomic mass is 32.1. The van der Waals surface area contributed by atoms with Crippen LogP contribution in [-0.2, 0) is 0 Å². The molecule has 20 heavy (non-hydrogen) atoms. The molecule has 0 aliphatic heterocycles. The Morgan fingerprint density at radius 3 is 2.60 bits per heavy atom. The number of amides is 1. The number of hydrogen-bond donors (Lipinski definition) is 2. The number of nitrogens with zero attached hydrogens (tertiary/aromatic N) is 2. The molecule has 0 fully saturated rings. The molecule has 1 heterocycles. The van der Waals surface area contributed by atoms with Crippen LogP contribution >= 0.6 is 11.3 Å². The first-order valence-electron chi connectivity index (χ1n) is 7.29. The standard InChI is InChI=1S/C14H26N4OS/c1-5-18(6-2)14-17-12(15)11(20-14)13(19)16-9-7-8-10(3)4/h10H,5-9,15H2,1-4H3,(H,16,19). The fourth-order valence-corrected chi connectivity index (χ4v) is 2.93. The second-order valence-electron chi connectivity index (χ2n) is 5.18. The van der Waals surface area contributed by atoms with Crippen molar-refractivity contribution in [1.29, 1.82) is 0 Å². The number of thiazole rings is 1. The normalized spacial score (nSPS) is 10.8. The van der Waals surface area contributed by atoms with E-state index in [9.17, 15) is 4.79 Å². The fraction of sp³-hybridized carbons (Fsp3) is 0.714. The van der Waals surface area contributed by atoms with Crippen LogP contribution in [0.25, 0.3) is 0 Å². The first kappa shape index (κ1) is 16.8. The van der Waals surface area contributed by atoms with Gasteiger partial charge in [0.2, 0.25) is 0 Å². The Bertz CT molecular complexity index is 427. The molecule has 0 unspecified atom stereocenters. The molecule has 114 valence electrons. The molecular formula is C14H26N4OS. The highest BCUT2D eigenvalue weighted by Crippen LogP contribution is 2.27. The zero-order valence-electron chi connectivity index (χ0n) is 12.9. The van der Waals surface area contributed by atoms with E-state index >= 15 is 0 Å². The monoisotopic (exact) mass is 298 g/mol. The lowest BCUT2D eigenvalue weighted by Gasteiger charge is -2.16. The van der Waals surface area contributed by atoms with Gasteiger partial charge < -0.3 is 16.0 Å². The van der Waals surface area contributed by atoms with E-state index in [0.717, 1.165) is 31.1 Å². The van der Waals surface area contributed by atoms with Crippen LogP contribution in [0.2, 0.25) is 0 Å². The topological polar surface area (TPSA) is 71.2 Å². The molecule has 1 aromatic rings. The summed E-state index contributed by atoms with van der Waals surface area (Å²) in [6, 6.07) is 0. The van der Waals surface area contributed by atoms with Crippen LogP contribution in [0, 0.1) is 5.92 Å². The van der Waals surface area contributed by atoms with Gasteiger partial charge >= 0.3 is 0 Å². The van der Waals surface area contributed by atoms with E-state index in [0.29, 0.717) is 23.2 Å². The van der Waals surface area contributed by atoms with Gasteiger partial charge in [-0.05, 0) is 32.6 Å². The molecule has 0 bridgehead atoms. The molecule has 0 atom stereocenters. The molecule has 0 aromatic carbocycles. The van der Waals surface area contributed by atoms with Crippen molar-refractivity contribution in [3.63, 3.8) is 0 Å². The Morgan fingerprint density at radius 2 is 2.05 bits per heavy atom. The molecule has 1 amide bonds. The summed E-state index contributed by atoms with van der Waals surface area (Å²) in [5, 5.41) is 3.74. The van der Waals surface area contributed by atoms with Crippen molar-refractivity contribution in [3.8, 4) is 0 Å². The van der Waals surface area contributed by atoms with Crippen molar-refractivity contribution in [2.45, 2.75) is 40.5 Å². The minimum atomic E-state index is -0.109. The van der Waals surface area contributed by atoms with Gasteiger partial charge in [0.05, 0.1) is 0 Å². The van der Waals surface area contributed by atoms with Gasteiger partial charge in [-0.15, -0.1) is 0 Å². The van der Waals surface area contributed by atoms with Crippen molar-refractivity contribution >= 4 is 28.2 Å². The van der Waals surface area contributed by atoms with E-state index in [2.05, 4.69) is 42.9 Å². The molecule has 6 heteroatoms. The zero-order valence-corrected chi connectivity index (χ0v) is 13.7. The third-order valence-corrected chi connectivity index (χ3v) is 4.26. The number of nitrogens with two attached hydrogens (primary N) is 1. The Morgan fingerprint density at radius 1 is 1.40 bits per heavy atom. The number of nitrogens with one attached hydrogen (secondary N) is 1. The van der Waals surface area contributed by atoms with E-state index in [1.807, 2.05) is 0 Å². The molecule has 0 spiro atoms. The van der Waals surface area contributed by atoms with E-state index in [4.69, 9.17) is 5.73 Å². The molecular weight excluding hydrogens is 272 g/mol. The predicted molar refractivity (Wildman–Crippen MR) is 86.5 cm³/mol. The van der Waals surface area contributed by atoms with Gasteiger partial charge in [-0.1, -0.05) is 25.2 Å². The van der Waals surface area contributed by atoms with Crippen LogP contribution in [-0.4, -0.2) is 30.5 Å². The smallest absolute Gasteiger partial charge is 0.265 e. The predicted octanol–water partition coefficient (Wildman–Crippen LogP) is 2.74. The molecule has 1 aromatic heterocycles. The lowest BCUT2D eigenvalue weighted by atomic mass is 10.1. The fourth-order valence-electron chi connectivity index (χ4n) is 1.90. The number of aromatic nitrogens is 1. The van der Waals surface area contributed by atoms with Gasteiger partial charge in [-0.3, -0.25) is 4.79 Å². The summed E-state index contributed by atoms with van der Waals surface area (Å²) in [6.45, 7) is 10.9. The first-order chi connectivity index (χ1) is 9.49. The largest absolute Gasteiger partial charge is 0.382 e. The average molecular weight is 298 g/mol. The molecule has 0 aliphatic carbocycles. The molecule has 0 aliphatic rings. The van der Waals surface area contributed by atoms with Gasteiger partial charge in [0.15, 0.2) is 5.13 Å². The SMILES string of the molecule is CCN(CC)c1nc(N)c(C(=O)NCCCC(C)C)s1. The first-order valence-corrected chi connectivity index (χ1v) is 8.10. The lowest BCUT2D eigenvalue weighted by molar-refractivity contribution is 0.0957. The van der Waals surface area contributed by atoms with Gasteiger partial charge in [-0.2, -0.15) is 0 Å². The summed E-state index contributed by atoms with van der Waals surface area (Å²) < 4.78 is 0. The summed E-state index contributed by atoms with van der Waals surface area (Å²) >= 11 is 1.37. The second kappa shape index (κ2) is 8.09. The zero-order chi connectivity index (χ0) is 15.1. The third kappa shape index (κ3) is 4.67. The maximum atomic E-state index is 12.1. The van der Waals surface area contributed by atoms with E-state index < -0.39 is 0 Å². The van der Waals surface area contributed by atoms with Crippen LogP contribution in [0.5, 0.6) is 0 Å². The Kier molecular flexibility index (Phi) is 6.78. The minimum Gasteiger partial charge on any atom is -0.382 e. The summed E-state index contributed by atoms with van der Waals surface area (Å²) in [5.41, 5.74) is 5.85. The van der Waals surface area contributed by atoms with Crippen molar-refractivity contribution in [3.05, 3.63) is 4.88 Å². The van der Waals surface area contributed by atoms with Crippen molar-refractivity contribution in [2.24, 2.45) is 5.92 Å². The highest BCUT2D eigenvalue weighted by Gasteiger charge is 2.18. The van der Waals surface area contributed by atoms with Crippen molar-refractivity contribution in [2.75, 3.05) is 30.3 Å². The van der Waals surface area contributed by atoms with Gasteiger partial charge in [0, 0.05) is 19.6 Å². The summed E-state index contributed by atoms with van der Waals surface area (Å²) in [5.74, 6) is 0.884. The molecule has 0 saturated carbocycles. The maximum absolute atomic E-state index is 12.1. The second-order valence-corrected chi connectivity index (χ2v) is 6.15. The van der Waals surface area contributed by atoms with Crippen LogP contribution in [0.15, 0.2) is 0 Å². The molecule has 1 rings (SSSR count). The van der Waals surface area contributed by atoms with Gasteiger partial charge in [0.1, 0.15) is 10.7 Å². The number of hydrogen-bond acceptors (Lipinski definition) is 5. The van der Waals surface area contributed by atoms with Gasteiger partial charge in [0.25, 0.3) is 5.91 Å². The van der Waals surface area contributed by atoms with Crippen molar-refractivity contribution in [1.82, 2.24) is 10.3 Å². The highest BCUT2D eigenvalue weighted by molar-refractivity contribution is 7.18. The minimum absolute atomic E-state index is 0.109. The van der Waals surface area contributed by atoms with Gasteiger partial charge in [-0.25, -0.2) is 4.98 Å². The Hall–Kier alpha value is -1.30. The average Bonchev–Trinajstić information content (AvgIpc) is 2.78. The third-order valence-electron chi connectivity index (χ3n) is 3.13. The molecule has 3 N–H and O–H groups in total. The number of nitrogen functional groups attached to an aromatic ring is 1.